The van der Waals surface area contributed by atoms with Crippen molar-refractivity contribution in [1.29, 1.82) is 0 Å². The maximum atomic E-state index is 12.9. The van der Waals surface area contributed by atoms with Crippen molar-refractivity contribution in [2.75, 3.05) is 6.54 Å². The molecule has 0 aliphatic carbocycles. The Bertz CT molecular complexity index is 1100. The van der Waals surface area contributed by atoms with Crippen LogP contribution in [0.15, 0.2) is 82.5 Å². The monoisotopic (exact) mass is 417 g/mol. The highest BCUT2D eigenvalue weighted by Crippen LogP contribution is 2.35. The van der Waals surface area contributed by atoms with Gasteiger partial charge in [-0.1, -0.05) is 66.2 Å². The van der Waals surface area contributed by atoms with Gasteiger partial charge in [0, 0.05) is 17.5 Å². The molecule has 0 spiro atoms. The first-order valence-corrected chi connectivity index (χ1v) is 10.8. The standard InChI is InChI=1S/C23H19N3OS2/c1-3-13-26-21(27)20(14-17-11-9-16(2)10-12-17)29-23(26)25-22-24-19(15-28-22)18-7-5-4-6-8-18/h3-12,14-15H,1,13H2,2H3/b20-14-,25-23+. The van der Waals surface area contributed by atoms with Gasteiger partial charge in [-0.3, -0.25) is 9.69 Å². The summed E-state index contributed by atoms with van der Waals surface area (Å²) in [5.41, 5.74) is 4.11. The van der Waals surface area contributed by atoms with E-state index < -0.39 is 0 Å². The van der Waals surface area contributed by atoms with Gasteiger partial charge in [-0.05, 0) is 30.3 Å². The number of carbonyl (C=O) groups is 1. The van der Waals surface area contributed by atoms with Crippen molar-refractivity contribution in [3.63, 3.8) is 0 Å². The molecule has 2 heterocycles. The van der Waals surface area contributed by atoms with E-state index >= 15 is 0 Å². The molecule has 29 heavy (non-hydrogen) atoms. The number of amidine groups is 1. The molecular weight excluding hydrogens is 398 g/mol. The number of aromatic nitrogens is 1. The number of hydrogen-bond acceptors (Lipinski definition) is 5. The van der Waals surface area contributed by atoms with Gasteiger partial charge in [0.1, 0.15) is 0 Å². The van der Waals surface area contributed by atoms with Crippen LogP contribution >= 0.6 is 23.1 Å². The number of thioether (sulfide) groups is 1. The molecule has 6 heteroatoms. The summed E-state index contributed by atoms with van der Waals surface area (Å²) in [4.78, 5) is 24.5. The zero-order chi connectivity index (χ0) is 20.2. The fourth-order valence-corrected chi connectivity index (χ4v) is 4.58. The van der Waals surface area contributed by atoms with Gasteiger partial charge in [-0.25, -0.2) is 4.98 Å². The molecule has 0 bridgehead atoms. The Labute approximate surface area is 178 Å². The van der Waals surface area contributed by atoms with E-state index in [1.54, 1.807) is 11.0 Å². The van der Waals surface area contributed by atoms with Gasteiger partial charge in [0.05, 0.1) is 10.6 Å². The largest absolute Gasteiger partial charge is 0.282 e. The zero-order valence-electron chi connectivity index (χ0n) is 15.9. The number of aryl methyl sites for hydroxylation is 1. The Morgan fingerprint density at radius 1 is 1.14 bits per heavy atom. The average Bonchev–Trinajstić information content (AvgIpc) is 3.31. The van der Waals surface area contributed by atoms with Crippen LogP contribution in [-0.4, -0.2) is 27.5 Å². The molecule has 0 unspecified atom stereocenters. The third kappa shape index (κ3) is 4.39. The van der Waals surface area contributed by atoms with Crippen LogP contribution in [0.1, 0.15) is 11.1 Å². The molecule has 1 aliphatic rings. The highest BCUT2D eigenvalue weighted by atomic mass is 32.2. The predicted octanol–water partition coefficient (Wildman–Crippen LogP) is 5.91. The summed E-state index contributed by atoms with van der Waals surface area (Å²) in [6.07, 6.45) is 3.61. The molecule has 1 aliphatic heterocycles. The lowest BCUT2D eigenvalue weighted by Crippen LogP contribution is -2.29. The van der Waals surface area contributed by atoms with E-state index in [1.165, 1.54) is 28.7 Å². The fraction of sp³-hybridized carbons (Fsp3) is 0.0870. The smallest absolute Gasteiger partial charge is 0.267 e. The molecule has 4 rings (SSSR count). The van der Waals surface area contributed by atoms with Crippen molar-refractivity contribution >= 4 is 45.4 Å². The lowest BCUT2D eigenvalue weighted by atomic mass is 10.1. The summed E-state index contributed by atoms with van der Waals surface area (Å²) in [6.45, 7) is 6.22. The van der Waals surface area contributed by atoms with E-state index in [2.05, 4.69) is 16.6 Å². The van der Waals surface area contributed by atoms with Crippen LogP contribution in [0.5, 0.6) is 0 Å². The molecule has 1 aromatic heterocycles. The number of aliphatic imine (C=N–C) groups is 1. The second-order valence-electron chi connectivity index (χ2n) is 6.50. The molecule has 144 valence electrons. The van der Waals surface area contributed by atoms with Gasteiger partial charge >= 0.3 is 0 Å². The van der Waals surface area contributed by atoms with Crippen LogP contribution in [0.3, 0.4) is 0 Å². The first kappa shape index (κ1) is 19.4. The number of amides is 1. The van der Waals surface area contributed by atoms with Crippen molar-refractivity contribution in [3.05, 3.63) is 88.7 Å². The van der Waals surface area contributed by atoms with Crippen LogP contribution in [0.25, 0.3) is 17.3 Å². The van der Waals surface area contributed by atoms with Gasteiger partial charge in [0.15, 0.2) is 5.17 Å². The van der Waals surface area contributed by atoms with Gasteiger partial charge in [-0.2, -0.15) is 4.99 Å². The Balaban J connectivity index is 1.63. The molecule has 4 nitrogen and oxygen atoms in total. The molecule has 3 aromatic rings. The number of carbonyl (C=O) groups excluding carboxylic acids is 1. The van der Waals surface area contributed by atoms with Crippen LogP contribution in [-0.2, 0) is 4.79 Å². The molecule has 1 amide bonds. The quantitative estimate of drug-likeness (QED) is 0.383. The van der Waals surface area contributed by atoms with Crippen molar-refractivity contribution in [1.82, 2.24) is 9.88 Å². The molecule has 0 radical (unpaired) electrons. The van der Waals surface area contributed by atoms with Crippen molar-refractivity contribution in [2.24, 2.45) is 4.99 Å². The highest BCUT2D eigenvalue weighted by Gasteiger charge is 2.32. The second-order valence-corrected chi connectivity index (χ2v) is 8.35. The number of hydrogen-bond donors (Lipinski definition) is 0. The summed E-state index contributed by atoms with van der Waals surface area (Å²) >= 11 is 2.84. The lowest BCUT2D eigenvalue weighted by Gasteiger charge is -2.11. The summed E-state index contributed by atoms with van der Waals surface area (Å²) in [5.74, 6) is -0.0611. The predicted molar refractivity (Wildman–Crippen MR) is 123 cm³/mol. The maximum absolute atomic E-state index is 12.9. The van der Waals surface area contributed by atoms with Crippen molar-refractivity contribution < 1.29 is 4.79 Å². The summed E-state index contributed by atoms with van der Waals surface area (Å²) in [7, 11) is 0. The molecule has 1 saturated heterocycles. The Morgan fingerprint density at radius 2 is 1.90 bits per heavy atom. The molecule has 1 fully saturated rings. The van der Waals surface area contributed by atoms with Gasteiger partial charge in [0.25, 0.3) is 5.91 Å². The van der Waals surface area contributed by atoms with Gasteiger partial charge in [0.2, 0.25) is 5.13 Å². The van der Waals surface area contributed by atoms with E-state index in [9.17, 15) is 4.79 Å². The van der Waals surface area contributed by atoms with Gasteiger partial charge < -0.3 is 0 Å². The SMILES string of the molecule is C=CCN1C(=O)/C(=C/c2ccc(C)cc2)S/C1=N/c1nc(-c2ccccc2)cs1. The van der Waals surface area contributed by atoms with E-state index in [-0.39, 0.29) is 5.91 Å². The normalized spacial score (nSPS) is 16.7. The second kappa shape index (κ2) is 8.59. The van der Waals surface area contributed by atoms with Crippen LogP contribution in [0.2, 0.25) is 0 Å². The van der Waals surface area contributed by atoms with Crippen LogP contribution in [0, 0.1) is 6.92 Å². The average molecular weight is 418 g/mol. The topological polar surface area (TPSA) is 45.6 Å². The summed E-state index contributed by atoms with van der Waals surface area (Å²) in [6, 6.07) is 18.1. The summed E-state index contributed by atoms with van der Waals surface area (Å²) < 4.78 is 0. The number of nitrogens with zero attached hydrogens (tertiary/aromatic N) is 3. The Kier molecular flexibility index (Phi) is 5.74. The van der Waals surface area contributed by atoms with E-state index in [4.69, 9.17) is 0 Å². The maximum Gasteiger partial charge on any atom is 0.267 e. The number of rotatable bonds is 5. The zero-order valence-corrected chi connectivity index (χ0v) is 17.5. The minimum Gasteiger partial charge on any atom is -0.282 e. The van der Waals surface area contributed by atoms with Crippen molar-refractivity contribution in [2.45, 2.75) is 6.92 Å². The van der Waals surface area contributed by atoms with Gasteiger partial charge in [-0.15, -0.1) is 17.9 Å². The number of thiazole rings is 1. The molecule has 0 N–H and O–H groups in total. The fourth-order valence-electron chi connectivity index (χ4n) is 2.83. The minimum atomic E-state index is -0.0611. The lowest BCUT2D eigenvalue weighted by molar-refractivity contribution is -0.121. The van der Waals surface area contributed by atoms with Crippen LogP contribution in [0.4, 0.5) is 5.13 Å². The molecule has 0 saturated carbocycles. The van der Waals surface area contributed by atoms with E-state index in [0.717, 1.165) is 16.8 Å². The number of benzene rings is 2. The first-order valence-electron chi connectivity index (χ1n) is 9.12. The minimum absolute atomic E-state index is 0.0611. The first-order chi connectivity index (χ1) is 14.1. The molecular formula is C23H19N3OS2. The Morgan fingerprint density at radius 3 is 2.62 bits per heavy atom. The third-order valence-corrected chi connectivity index (χ3v) is 6.07. The molecule has 0 atom stereocenters. The Hall–Kier alpha value is -2.96. The van der Waals surface area contributed by atoms with E-state index in [0.29, 0.717) is 21.7 Å². The molecule has 2 aromatic carbocycles. The van der Waals surface area contributed by atoms with E-state index in [1.807, 2.05) is 73.0 Å². The van der Waals surface area contributed by atoms with Crippen molar-refractivity contribution in [3.8, 4) is 11.3 Å². The third-order valence-electron chi connectivity index (χ3n) is 4.33. The summed E-state index contributed by atoms with van der Waals surface area (Å²) in [5, 5.41) is 3.24. The van der Waals surface area contributed by atoms with Crippen LogP contribution < -0.4 is 0 Å². The highest BCUT2D eigenvalue weighted by molar-refractivity contribution is 8.18.